The molecule has 0 fully saturated rings. The topological polar surface area (TPSA) is 0 Å². The normalized spacial score (nSPS) is 14.0. The maximum Gasteiger partial charge on any atom is -0.00137 e. The number of allylic oxidation sites excluding steroid dienone is 2. The van der Waals surface area contributed by atoms with Crippen LogP contribution in [-0.4, -0.2) is 0 Å². The molecule has 0 bridgehead atoms. The van der Waals surface area contributed by atoms with Crippen molar-refractivity contribution < 1.29 is 0 Å². The van der Waals surface area contributed by atoms with Crippen molar-refractivity contribution in [2.75, 3.05) is 0 Å². The Morgan fingerprint density at radius 1 is 1.55 bits per heavy atom. The molecule has 53 valence electrons. The van der Waals surface area contributed by atoms with Gasteiger partial charge in [0.05, 0.1) is 0 Å². The fourth-order valence-corrected chi connectivity index (χ4v) is 1.36. The van der Waals surface area contributed by atoms with Gasteiger partial charge in [0.2, 0.25) is 0 Å². The minimum Gasteiger partial charge on any atom is -0.0988 e. The molecule has 0 unspecified atom stereocenters. The number of benzene rings is 1. The van der Waals surface area contributed by atoms with E-state index in [2.05, 4.69) is 24.8 Å². The fraction of sp³-hybridized carbons (Fsp3) is 0.0909. The Labute approximate surface area is 66.9 Å². The molecule has 0 nitrogen and oxygen atoms in total. The summed E-state index contributed by atoms with van der Waals surface area (Å²) in [5.41, 5.74) is 3.88. The van der Waals surface area contributed by atoms with Gasteiger partial charge < -0.3 is 0 Å². The van der Waals surface area contributed by atoms with Crippen molar-refractivity contribution in [1.29, 1.82) is 0 Å². The first-order valence-electron chi connectivity index (χ1n) is 3.73. The van der Waals surface area contributed by atoms with Crippen molar-refractivity contribution in [3.8, 4) is 0 Å². The van der Waals surface area contributed by atoms with Crippen LogP contribution in [0.1, 0.15) is 11.1 Å². The SMILES string of the molecule is C=CC1=Cc2ccc[c]c2C1. The largest absolute Gasteiger partial charge is 0.0988 e. The Bertz CT molecular complexity index is 319. The maximum absolute atomic E-state index is 3.74. The number of hydrogen-bond donors (Lipinski definition) is 0. The van der Waals surface area contributed by atoms with E-state index in [1.165, 1.54) is 16.7 Å². The van der Waals surface area contributed by atoms with E-state index in [4.69, 9.17) is 0 Å². The average Bonchev–Trinajstić information content (AvgIpc) is 2.46. The van der Waals surface area contributed by atoms with Crippen LogP contribution in [0.5, 0.6) is 0 Å². The highest BCUT2D eigenvalue weighted by Crippen LogP contribution is 2.24. The van der Waals surface area contributed by atoms with Crippen LogP contribution in [0.15, 0.2) is 36.4 Å². The van der Waals surface area contributed by atoms with Crippen LogP contribution in [0.2, 0.25) is 0 Å². The minimum absolute atomic E-state index is 1.000. The van der Waals surface area contributed by atoms with Crippen LogP contribution < -0.4 is 0 Å². The summed E-state index contributed by atoms with van der Waals surface area (Å²) in [6.07, 6.45) is 5.08. The van der Waals surface area contributed by atoms with Crippen molar-refractivity contribution in [2.45, 2.75) is 6.42 Å². The van der Waals surface area contributed by atoms with Gasteiger partial charge in [-0.25, -0.2) is 0 Å². The zero-order chi connectivity index (χ0) is 7.68. The van der Waals surface area contributed by atoms with E-state index in [0.29, 0.717) is 0 Å². The van der Waals surface area contributed by atoms with Crippen molar-refractivity contribution >= 4 is 6.08 Å². The Morgan fingerprint density at radius 3 is 3.18 bits per heavy atom. The van der Waals surface area contributed by atoms with Crippen LogP contribution in [0.4, 0.5) is 0 Å². The molecule has 2 rings (SSSR count). The van der Waals surface area contributed by atoms with Gasteiger partial charge in [-0.2, -0.15) is 0 Å². The lowest BCUT2D eigenvalue weighted by molar-refractivity contribution is 1.24. The standard InChI is InChI=1S/C11H9/c1-2-9-7-10-5-3-4-6-11(10)8-9/h2-5,7H,1,8H2. The first-order valence-corrected chi connectivity index (χ1v) is 3.73. The molecule has 0 atom stereocenters. The molecule has 1 aromatic rings. The van der Waals surface area contributed by atoms with E-state index in [0.717, 1.165) is 6.42 Å². The summed E-state index contributed by atoms with van der Waals surface area (Å²) in [6.45, 7) is 3.74. The lowest BCUT2D eigenvalue weighted by atomic mass is 10.1. The molecule has 0 aliphatic heterocycles. The molecular weight excluding hydrogens is 132 g/mol. The summed E-state index contributed by atoms with van der Waals surface area (Å²) in [6, 6.07) is 9.30. The third kappa shape index (κ3) is 1.01. The molecular formula is C11H9. The second-order valence-corrected chi connectivity index (χ2v) is 2.70. The Hall–Kier alpha value is -1.30. The fourth-order valence-electron chi connectivity index (χ4n) is 1.36. The first-order chi connectivity index (χ1) is 5.40. The van der Waals surface area contributed by atoms with Crippen molar-refractivity contribution in [1.82, 2.24) is 0 Å². The van der Waals surface area contributed by atoms with Crippen molar-refractivity contribution in [2.24, 2.45) is 0 Å². The Kier molecular flexibility index (Phi) is 1.39. The molecule has 1 aromatic carbocycles. The molecule has 0 heteroatoms. The van der Waals surface area contributed by atoms with E-state index >= 15 is 0 Å². The van der Waals surface area contributed by atoms with Gasteiger partial charge in [-0.1, -0.05) is 36.9 Å². The van der Waals surface area contributed by atoms with Crippen LogP contribution in [0.3, 0.4) is 0 Å². The minimum atomic E-state index is 1.000. The number of fused-ring (bicyclic) bond motifs is 1. The first kappa shape index (κ1) is 6.41. The van der Waals surface area contributed by atoms with Crippen LogP contribution in [0.25, 0.3) is 6.08 Å². The number of hydrogen-bond acceptors (Lipinski definition) is 0. The molecule has 11 heavy (non-hydrogen) atoms. The van der Waals surface area contributed by atoms with Crippen LogP contribution in [-0.2, 0) is 6.42 Å². The quantitative estimate of drug-likeness (QED) is 0.564. The van der Waals surface area contributed by atoms with E-state index in [1.807, 2.05) is 18.2 Å². The zero-order valence-electron chi connectivity index (χ0n) is 6.30. The molecule has 0 amide bonds. The second-order valence-electron chi connectivity index (χ2n) is 2.70. The monoisotopic (exact) mass is 141 g/mol. The van der Waals surface area contributed by atoms with E-state index in [9.17, 15) is 0 Å². The Morgan fingerprint density at radius 2 is 2.45 bits per heavy atom. The van der Waals surface area contributed by atoms with E-state index in [-0.39, 0.29) is 0 Å². The molecule has 0 N–H and O–H groups in total. The lowest BCUT2D eigenvalue weighted by Gasteiger charge is -1.93. The summed E-state index contributed by atoms with van der Waals surface area (Å²) < 4.78 is 0. The molecule has 0 saturated carbocycles. The average molecular weight is 141 g/mol. The highest BCUT2D eigenvalue weighted by molar-refractivity contribution is 5.65. The molecule has 1 radical (unpaired) electrons. The third-order valence-electron chi connectivity index (χ3n) is 1.96. The predicted octanol–water partition coefficient (Wildman–Crippen LogP) is 2.61. The van der Waals surface area contributed by atoms with Crippen molar-refractivity contribution in [3.05, 3.63) is 53.6 Å². The van der Waals surface area contributed by atoms with E-state index in [1.54, 1.807) is 0 Å². The smallest absolute Gasteiger partial charge is 0.00137 e. The Balaban J connectivity index is 2.47. The van der Waals surface area contributed by atoms with Crippen LogP contribution >= 0.6 is 0 Å². The third-order valence-corrected chi connectivity index (χ3v) is 1.96. The van der Waals surface area contributed by atoms with Crippen molar-refractivity contribution in [3.63, 3.8) is 0 Å². The summed E-state index contributed by atoms with van der Waals surface area (Å²) >= 11 is 0. The van der Waals surface area contributed by atoms with Gasteiger partial charge in [-0.15, -0.1) is 0 Å². The zero-order valence-corrected chi connectivity index (χ0v) is 6.30. The van der Waals surface area contributed by atoms with Gasteiger partial charge in [-0.05, 0) is 29.2 Å². The molecule has 1 aliphatic carbocycles. The highest BCUT2D eigenvalue weighted by atomic mass is 14.1. The molecule has 0 heterocycles. The highest BCUT2D eigenvalue weighted by Gasteiger charge is 2.08. The second kappa shape index (κ2) is 2.39. The summed E-state index contributed by atoms with van der Waals surface area (Å²) in [7, 11) is 0. The number of rotatable bonds is 1. The van der Waals surface area contributed by atoms with Gasteiger partial charge in [0.25, 0.3) is 0 Å². The van der Waals surface area contributed by atoms with Crippen LogP contribution in [0, 0.1) is 6.07 Å². The van der Waals surface area contributed by atoms with Gasteiger partial charge in [0, 0.05) is 0 Å². The van der Waals surface area contributed by atoms with Gasteiger partial charge >= 0.3 is 0 Å². The predicted molar refractivity (Wildman–Crippen MR) is 47.2 cm³/mol. The molecule has 0 aromatic heterocycles. The summed E-state index contributed by atoms with van der Waals surface area (Å²) in [5, 5.41) is 0. The molecule has 0 spiro atoms. The van der Waals surface area contributed by atoms with E-state index < -0.39 is 0 Å². The molecule has 0 saturated heterocycles. The lowest BCUT2D eigenvalue weighted by Crippen LogP contribution is -1.80. The summed E-state index contributed by atoms with van der Waals surface area (Å²) in [5.74, 6) is 0. The van der Waals surface area contributed by atoms with Gasteiger partial charge in [0.1, 0.15) is 0 Å². The maximum atomic E-state index is 3.74. The summed E-state index contributed by atoms with van der Waals surface area (Å²) in [4.78, 5) is 0. The molecule has 1 aliphatic rings. The van der Waals surface area contributed by atoms with Gasteiger partial charge in [0.15, 0.2) is 0 Å². The van der Waals surface area contributed by atoms with Gasteiger partial charge in [-0.3, -0.25) is 0 Å².